The van der Waals surface area contributed by atoms with E-state index >= 15 is 0 Å². The molecule has 2 N–H and O–H groups in total. The summed E-state index contributed by atoms with van der Waals surface area (Å²) < 4.78 is 5.66. The first-order chi connectivity index (χ1) is 9.26. The highest BCUT2D eigenvalue weighted by atomic mass is 16.4. The van der Waals surface area contributed by atoms with Crippen molar-refractivity contribution in [2.24, 2.45) is 0 Å². The minimum absolute atomic E-state index is 0.0856. The third-order valence-electron chi connectivity index (χ3n) is 3.13. The predicted molar refractivity (Wildman–Crippen MR) is 75.1 cm³/mol. The fraction of sp³-hybridized carbons (Fsp3) is 0.846. The third kappa shape index (κ3) is 4.80. The summed E-state index contributed by atoms with van der Waals surface area (Å²) >= 11 is 0. The monoisotopic (exact) mass is 270 g/mol. The zero-order valence-electron chi connectivity index (χ0n) is 12.2. The van der Waals surface area contributed by atoms with Crippen LogP contribution in [0, 0.1) is 0 Å². The maximum atomic E-state index is 9.17. The Morgan fingerprint density at radius 1 is 1.26 bits per heavy atom. The van der Waals surface area contributed by atoms with Crippen molar-refractivity contribution in [1.82, 2.24) is 15.5 Å². The van der Waals surface area contributed by atoms with Gasteiger partial charge in [0, 0.05) is 12.6 Å². The van der Waals surface area contributed by atoms with Gasteiger partial charge in [-0.05, 0) is 25.8 Å². The Bertz CT molecular complexity index is 339. The van der Waals surface area contributed by atoms with E-state index in [1.165, 1.54) is 0 Å². The maximum Gasteiger partial charge on any atom is 0.318 e. The lowest BCUT2D eigenvalue weighted by atomic mass is 10.1. The molecule has 0 atom stereocenters. The molecule has 1 rings (SSSR count). The summed E-state index contributed by atoms with van der Waals surface area (Å²) in [4.78, 5) is 2.00. The molecule has 110 valence electrons. The van der Waals surface area contributed by atoms with Crippen LogP contribution in [0.4, 0.5) is 6.01 Å². The molecule has 0 aliphatic carbocycles. The van der Waals surface area contributed by atoms with Crippen LogP contribution in [0.3, 0.4) is 0 Å². The van der Waals surface area contributed by atoms with E-state index in [9.17, 15) is 5.11 Å². The largest absolute Gasteiger partial charge is 0.407 e. The maximum absolute atomic E-state index is 9.17. The van der Waals surface area contributed by atoms with Crippen LogP contribution in [0.2, 0.25) is 0 Å². The van der Waals surface area contributed by atoms with Gasteiger partial charge in [0.25, 0.3) is 0 Å². The molecule has 0 fully saturated rings. The van der Waals surface area contributed by atoms with E-state index in [-0.39, 0.29) is 6.61 Å². The Hall–Kier alpha value is -1.14. The summed E-state index contributed by atoms with van der Waals surface area (Å²) in [6, 6.07) is 0.833. The summed E-state index contributed by atoms with van der Waals surface area (Å²) in [5, 5.41) is 20.5. The molecule has 0 aliphatic rings. The molecule has 0 amide bonds. The van der Waals surface area contributed by atoms with Crippen LogP contribution < -0.4 is 10.2 Å². The molecule has 1 aromatic rings. The average molecular weight is 270 g/mol. The van der Waals surface area contributed by atoms with Crippen molar-refractivity contribution < 1.29 is 9.52 Å². The van der Waals surface area contributed by atoms with Gasteiger partial charge in [-0.3, -0.25) is 0 Å². The first kappa shape index (κ1) is 15.9. The van der Waals surface area contributed by atoms with E-state index in [1.807, 2.05) is 4.90 Å². The molecule has 6 heteroatoms. The molecular weight excluding hydrogens is 244 g/mol. The van der Waals surface area contributed by atoms with Crippen LogP contribution >= 0.6 is 0 Å². The highest BCUT2D eigenvalue weighted by Crippen LogP contribution is 2.18. The predicted octanol–water partition coefficient (Wildman–Crippen LogP) is 1.56. The highest BCUT2D eigenvalue weighted by molar-refractivity contribution is 5.26. The Morgan fingerprint density at radius 2 is 2.00 bits per heavy atom. The third-order valence-corrected chi connectivity index (χ3v) is 3.13. The molecule has 0 saturated carbocycles. The molecule has 1 heterocycles. The summed E-state index contributed by atoms with van der Waals surface area (Å²) in [7, 11) is 0. The number of anilines is 1. The van der Waals surface area contributed by atoms with Crippen molar-refractivity contribution in [2.75, 3.05) is 24.6 Å². The van der Waals surface area contributed by atoms with E-state index in [0.29, 0.717) is 31.0 Å². The second kappa shape index (κ2) is 8.87. The van der Waals surface area contributed by atoms with Gasteiger partial charge in [0.05, 0.1) is 13.2 Å². The minimum Gasteiger partial charge on any atom is -0.407 e. The molecule has 1 aromatic heterocycles. The highest BCUT2D eigenvalue weighted by Gasteiger charge is 2.20. The summed E-state index contributed by atoms with van der Waals surface area (Å²) in [6.07, 6.45) is 3.05. The van der Waals surface area contributed by atoms with E-state index < -0.39 is 0 Å². The lowest BCUT2D eigenvalue weighted by molar-refractivity contribution is 0.290. The normalized spacial score (nSPS) is 11.2. The number of rotatable bonds is 10. The number of nitrogens with zero attached hydrogens (tertiary/aromatic N) is 3. The van der Waals surface area contributed by atoms with Crippen LogP contribution in [0.1, 0.15) is 45.9 Å². The average Bonchev–Trinajstić information content (AvgIpc) is 2.88. The number of hydrogen-bond acceptors (Lipinski definition) is 6. The fourth-order valence-electron chi connectivity index (χ4n) is 2.08. The van der Waals surface area contributed by atoms with Gasteiger partial charge in [-0.1, -0.05) is 25.9 Å². The van der Waals surface area contributed by atoms with Crippen molar-refractivity contribution in [3.8, 4) is 0 Å². The van der Waals surface area contributed by atoms with Crippen LogP contribution in [0.5, 0.6) is 0 Å². The van der Waals surface area contributed by atoms with Crippen LogP contribution in [0.25, 0.3) is 0 Å². The van der Waals surface area contributed by atoms with Gasteiger partial charge in [0.1, 0.15) is 0 Å². The van der Waals surface area contributed by atoms with Crippen molar-refractivity contribution in [2.45, 2.75) is 52.6 Å². The van der Waals surface area contributed by atoms with Gasteiger partial charge in [0.2, 0.25) is 5.89 Å². The summed E-state index contributed by atoms with van der Waals surface area (Å²) in [6.45, 7) is 8.50. The molecule has 0 radical (unpaired) electrons. The SMILES string of the molecule is CCCNCc1nnc(N(CCO)C(CC)CC)o1. The fourth-order valence-corrected chi connectivity index (χ4v) is 2.08. The van der Waals surface area contributed by atoms with Gasteiger partial charge in [0.15, 0.2) is 0 Å². The Balaban J connectivity index is 2.68. The summed E-state index contributed by atoms with van der Waals surface area (Å²) in [5.74, 6) is 0.595. The summed E-state index contributed by atoms with van der Waals surface area (Å²) in [5.41, 5.74) is 0. The lowest BCUT2D eigenvalue weighted by Crippen LogP contribution is -2.37. The molecule has 0 aromatic carbocycles. The van der Waals surface area contributed by atoms with Gasteiger partial charge < -0.3 is 19.7 Å². The number of aromatic nitrogens is 2. The van der Waals surface area contributed by atoms with Gasteiger partial charge in [-0.25, -0.2) is 0 Å². The van der Waals surface area contributed by atoms with E-state index in [4.69, 9.17) is 4.42 Å². The molecule has 0 spiro atoms. The first-order valence-electron chi connectivity index (χ1n) is 7.17. The minimum atomic E-state index is 0.0856. The molecule has 19 heavy (non-hydrogen) atoms. The molecule has 0 aliphatic heterocycles. The molecule has 0 saturated heterocycles. The number of aliphatic hydroxyl groups excluding tert-OH is 1. The standard InChI is InChI=1S/C13H26N4O2/c1-4-7-14-10-12-15-16-13(19-12)17(8-9-18)11(5-2)6-3/h11,14,18H,4-10H2,1-3H3. The quantitative estimate of drug-likeness (QED) is 0.628. The second-order valence-electron chi connectivity index (χ2n) is 4.54. The van der Waals surface area contributed by atoms with Crippen molar-refractivity contribution in [1.29, 1.82) is 0 Å². The zero-order valence-corrected chi connectivity index (χ0v) is 12.2. The number of nitrogens with one attached hydrogen (secondary N) is 1. The molecule has 0 unspecified atom stereocenters. The Kier molecular flexibility index (Phi) is 7.43. The lowest BCUT2D eigenvalue weighted by Gasteiger charge is -2.27. The first-order valence-corrected chi connectivity index (χ1v) is 7.17. The zero-order chi connectivity index (χ0) is 14.1. The Labute approximate surface area is 115 Å². The van der Waals surface area contributed by atoms with Crippen molar-refractivity contribution >= 4 is 6.01 Å². The number of hydrogen-bond donors (Lipinski definition) is 2. The molecule has 6 nitrogen and oxygen atoms in total. The van der Waals surface area contributed by atoms with Crippen molar-refractivity contribution in [3.63, 3.8) is 0 Å². The van der Waals surface area contributed by atoms with Crippen LogP contribution in [-0.4, -0.2) is 41.0 Å². The molecular formula is C13H26N4O2. The topological polar surface area (TPSA) is 74.4 Å². The molecule has 0 bridgehead atoms. The van der Waals surface area contributed by atoms with E-state index in [2.05, 4.69) is 36.3 Å². The van der Waals surface area contributed by atoms with Gasteiger partial charge in [-0.2, -0.15) is 0 Å². The van der Waals surface area contributed by atoms with Gasteiger partial charge >= 0.3 is 6.01 Å². The van der Waals surface area contributed by atoms with Crippen LogP contribution in [0.15, 0.2) is 4.42 Å². The smallest absolute Gasteiger partial charge is 0.318 e. The van der Waals surface area contributed by atoms with Crippen molar-refractivity contribution in [3.05, 3.63) is 5.89 Å². The van der Waals surface area contributed by atoms with Gasteiger partial charge in [-0.15, -0.1) is 5.10 Å². The van der Waals surface area contributed by atoms with Crippen LogP contribution in [-0.2, 0) is 6.54 Å². The van der Waals surface area contributed by atoms with E-state index in [0.717, 1.165) is 25.8 Å². The Morgan fingerprint density at radius 3 is 2.58 bits per heavy atom. The second-order valence-corrected chi connectivity index (χ2v) is 4.54. The number of aliphatic hydroxyl groups is 1. The van der Waals surface area contributed by atoms with E-state index in [1.54, 1.807) is 0 Å².